The van der Waals surface area contributed by atoms with Crippen LogP contribution in [0.1, 0.15) is 27.0 Å². The van der Waals surface area contributed by atoms with Crippen molar-refractivity contribution in [1.29, 1.82) is 0 Å². The van der Waals surface area contributed by atoms with Crippen molar-refractivity contribution in [2.75, 3.05) is 31.1 Å². The quantitative estimate of drug-likeness (QED) is 0.167. The molecule has 194 valence electrons. The lowest BCUT2D eigenvalue weighted by Gasteiger charge is -2.35. The van der Waals surface area contributed by atoms with Gasteiger partial charge in [-0.15, -0.1) is 0 Å². The van der Waals surface area contributed by atoms with Gasteiger partial charge in [-0.3, -0.25) is 9.69 Å². The van der Waals surface area contributed by atoms with Gasteiger partial charge in [0.25, 0.3) is 5.91 Å². The summed E-state index contributed by atoms with van der Waals surface area (Å²) >= 11 is 7.91. The van der Waals surface area contributed by atoms with Gasteiger partial charge < -0.3 is 10.2 Å². The van der Waals surface area contributed by atoms with E-state index in [1.165, 1.54) is 17.3 Å². The minimum Gasteiger partial charge on any atom is -0.354 e. The number of thioether (sulfide) groups is 1. The molecule has 1 aliphatic heterocycles. The number of nitrogens with zero attached hydrogens (tertiary/aromatic N) is 4. The van der Waals surface area contributed by atoms with Gasteiger partial charge in [-0.05, 0) is 28.8 Å². The molecule has 1 N–H and O–H groups in total. The summed E-state index contributed by atoms with van der Waals surface area (Å²) in [6.45, 7) is 5.19. The van der Waals surface area contributed by atoms with Gasteiger partial charge in [0.1, 0.15) is 11.0 Å². The maximum absolute atomic E-state index is 12.7. The standard InChI is InChI=1S/C30H30ClN5OS/c31-27-19-28(36-16-14-35(15-17-36)21-24-10-5-2-6-11-24)34-30(33-27)38-22-25-12-7-13-26(18-25)29(37)32-20-23-8-3-1-4-9-23/h1-13,18-19H,14-17,20-22H2,(H,32,37). The summed E-state index contributed by atoms with van der Waals surface area (Å²) in [7, 11) is 0. The van der Waals surface area contributed by atoms with Crippen molar-refractivity contribution in [2.45, 2.75) is 24.0 Å². The van der Waals surface area contributed by atoms with E-state index < -0.39 is 0 Å². The van der Waals surface area contributed by atoms with E-state index in [9.17, 15) is 4.79 Å². The van der Waals surface area contributed by atoms with E-state index in [1.54, 1.807) is 0 Å². The van der Waals surface area contributed by atoms with Crippen LogP contribution in [0.25, 0.3) is 0 Å². The highest BCUT2D eigenvalue weighted by atomic mass is 35.5. The van der Waals surface area contributed by atoms with E-state index in [0.29, 0.717) is 28.2 Å². The minimum atomic E-state index is -0.0894. The van der Waals surface area contributed by atoms with Gasteiger partial charge in [-0.1, -0.05) is 96.2 Å². The van der Waals surface area contributed by atoms with E-state index in [4.69, 9.17) is 16.6 Å². The minimum absolute atomic E-state index is 0.0894. The zero-order valence-electron chi connectivity index (χ0n) is 21.1. The predicted octanol–water partition coefficient (Wildman–Crippen LogP) is 5.67. The van der Waals surface area contributed by atoms with Crippen LogP contribution in [-0.4, -0.2) is 47.0 Å². The largest absolute Gasteiger partial charge is 0.354 e. The number of carbonyl (C=O) groups excluding carboxylic acids is 1. The van der Waals surface area contributed by atoms with Crippen molar-refractivity contribution in [3.63, 3.8) is 0 Å². The Balaban J connectivity index is 1.16. The summed E-state index contributed by atoms with van der Waals surface area (Å²) in [4.78, 5) is 26.6. The smallest absolute Gasteiger partial charge is 0.251 e. The van der Waals surface area contributed by atoms with Gasteiger partial charge in [-0.2, -0.15) is 0 Å². The summed E-state index contributed by atoms with van der Waals surface area (Å²) in [6.07, 6.45) is 0. The summed E-state index contributed by atoms with van der Waals surface area (Å²) < 4.78 is 0. The Morgan fingerprint density at radius 2 is 1.50 bits per heavy atom. The molecule has 4 aromatic rings. The van der Waals surface area contributed by atoms with Crippen molar-refractivity contribution in [3.8, 4) is 0 Å². The predicted molar refractivity (Wildman–Crippen MR) is 155 cm³/mol. The van der Waals surface area contributed by atoms with Gasteiger partial charge in [0.05, 0.1) is 0 Å². The molecule has 5 rings (SSSR count). The van der Waals surface area contributed by atoms with E-state index in [-0.39, 0.29) is 5.91 Å². The molecule has 0 spiro atoms. The average molecular weight is 544 g/mol. The highest BCUT2D eigenvalue weighted by Gasteiger charge is 2.19. The molecule has 3 aromatic carbocycles. The molecule has 1 saturated heterocycles. The topological polar surface area (TPSA) is 61.4 Å². The third kappa shape index (κ3) is 7.34. The first-order valence-electron chi connectivity index (χ1n) is 12.7. The van der Waals surface area contributed by atoms with Gasteiger partial charge in [0, 0.05) is 56.7 Å². The van der Waals surface area contributed by atoms with Gasteiger partial charge in [0.15, 0.2) is 5.16 Å². The third-order valence-electron chi connectivity index (χ3n) is 6.46. The van der Waals surface area contributed by atoms with Crippen LogP contribution in [0.5, 0.6) is 0 Å². The zero-order chi connectivity index (χ0) is 26.2. The Labute approximate surface area is 233 Å². The lowest BCUT2D eigenvalue weighted by atomic mass is 10.1. The Hall–Kier alpha value is -3.39. The molecule has 1 fully saturated rings. The molecule has 0 radical (unpaired) electrons. The van der Waals surface area contributed by atoms with E-state index in [2.05, 4.69) is 50.4 Å². The Bertz CT molecular complexity index is 1350. The highest BCUT2D eigenvalue weighted by molar-refractivity contribution is 7.98. The average Bonchev–Trinajstić information content (AvgIpc) is 2.96. The number of hydrogen-bond acceptors (Lipinski definition) is 6. The Kier molecular flexibility index (Phi) is 8.91. The molecule has 1 amide bonds. The van der Waals surface area contributed by atoms with Gasteiger partial charge in [-0.25, -0.2) is 9.97 Å². The molecule has 1 aromatic heterocycles. The van der Waals surface area contributed by atoms with Crippen LogP contribution in [0.3, 0.4) is 0 Å². The third-order valence-corrected chi connectivity index (χ3v) is 7.57. The Morgan fingerprint density at radius 1 is 0.816 bits per heavy atom. The monoisotopic (exact) mass is 543 g/mol. The van der Waals surface area contributed by atoms with E-state index in [1.807, 2.05) is 60.7 Å². The fraction of sp³-hybridized carbons (Fsp3) is 0.233. The lowest BCUT2D eigenvalue weighted by molar-refractivity contribution is 0.0951. The molecule has 0 aliphatic carbocycles. The normalized spacial score (nSPS) is 13.9. The fourth-order valence-corrected chi connectivity index (χ4v) is 5.44. The van der Waals surface area contributed by atoms with Gasteiger partial charge >= 0.3 is 0 Å². The van der Waals surface area contributed by atoms with Gasteiger partial charge in [0.2, 0.25) is 0 Å². The summed E-state index contributed by atoms with van der Waals surface area (Å²) in [5, 5.41) is 4.07. The number of halogens is 1. The molecule has 8 heteroatoms. The number of anilines is 1. The first-order valence-corrected chi connectivity index (χ1v) is 14.1. The number of benzene rings is 3. The summed E-state index contributed by atoms with van der Waals surface area (Å²) in [6, 6.07) is 30.0. The first-order chi connectivity index (χ1) is 18.6. The van der Waals surface area contributed by atoms with Crippen molar-refractivity contribution in [2.24, 2.45) is 0 Å². The molecule has 6 nitrogen and oxygen atoms in total. The number of piperazine rings is 1. The van der Waals surface area contributed by atoms with Crippen LogP contribution in [-0.2, 0) is 18.8 Å². The van der Waals surface area contributed by atoms with Crippen LogP contribution in [0.2, 0.25) is 5.15 Å². The van der Waals surface area contributed by atoms with Crippen LogP contribution in [0.15, 0.2) is 96.2 Å². The summed E-state index contributed by atoms with van der Waals surface area (Å²) in [5.74, 6) is 1.42. The lowest BCUT2D eigenvalue weighted by Crippen LogP contribution is -2.46. The second-order valence-corrected chi connectivity index (χ2v) is 10.6. The molecule has 38 heavy (non-hydrogen) atoms. The number of nitrogens with one attached hydrogen (secondary N) is 1. The number of carbonyl (C=O) groups is 1. The number of amides is 1. The molecular formula is C30H30ClN5OS. The molecule has 0 atom stereocenters. The van der Waals surface area contributed by atoms with Crippen molar-refractivity contribution in [1.82, 2.24) is 20.2 Å². The van der Waals surface area contributed by atoms with Crippen LogP contribution in [0, 0.1) is 0 Å². The zero-order valence-corrected chi connectivity index (χ0v) is 22.7. The van der Waals surface area contributed by atoms with Crippen molar-refractivity contribution < 1.29 is 4.79 Å². The second-order valence-electron chi connectivity index (χ2n) is 9.24. The SMILES string of the molecule is O=C(NCc1ccccc1)c1cccc(CSc2nc(Cl)cc(N3CCN(Cc4ccccc4)CC3)n2)c1. The molecule has 0 bridgehead atoms. The van der Waals surface area contributed by atoms with E-state index in [0.717, 1.165) is 49.7 Å². The van der Waals surface area contributed by atoms with Crippen LogP contribution >= 0.6 is 23.4 Å². The number of rotatable bonds is 9. The maximum atomic E-state index is 12.7. The maximum Gasteiger partial charge on any atom is 0.251 e. The van der Waals surface area contributed by atoms with Crippen LogP contribution in [0.4, 0.5) is 5.82 Å². The molecule has 1 aliphatic rings. The van der Waals surface area contributed by atoms with Crippen molar-refractivity contribution >= 4 is 35.1 Å². The Morgan fingerprint density at radius 3 is 2.24 bits per heavy atom. The van der Waals surface area contributed by atoms with E-state index >= 15 is 0 Å². The highest BCUT2D eigenvalue weighted by Crippen LogP contribution is 2.26. The number of aromatic nitrogens is 2. The van der Waals surface area contributed by atoms with Crippen LogP contribution < -0.4 is 10.2 Å². The fourth-order valence-electron chi connectivity index (χ4n) is 4.42. The summed E-state index contributed by atoms with van der Waals surface area (Å²) in [5.41, 5.74) is 4.07. The molecule has 0 unspecified atom stereocenters. The molecular weight excluding hydrogens is 514 g/mol. The first kappa shape index (κ1) is 26.2. The second kappa shape index (κ2) is 12.9. The molecule has 2 heterocycles. The van der Waals surface area contributed by atoms with Crippen molar-refractivity contribution in [3.05, 3.63) is 118 Å². The number of hydrogen-bond donors (Lipinski definition) is 1. The molecule has 0 saturated carbocycles.